The van der Waals surface area contributed by atoms with Crippen LogP contribution in [0.3, 0.4) is 0 Å². The molecule has 2 aromatic heterocycles. The van der Waals surface area contributed by atoms with Crippen LogP contribution in [0.4, 0.5) is 0 Å². The van der Waals surface area contributed by atoms with Gasteiger partial charge in [-0.05, 0) is 26.8 Å². The van der Waals surface area contributed by atoms with Gasteiger partial charge in [0.05, 0.1) is 17.0 Å². The molecule has 0 aliphatic rings. The molecular formula is C12H16N2O3S3. The maximum absolute atomic E-state index is 12.5. The highest BCUT2D eigenvalue weighted by molar-refractivity contribution is 7.89. The summed E-state index contributed by atoms with van der Waals surface area (Å²) in [5.41, 5.74) is -0.777. The van der Waals surface area contributed by atoms with Crippen LogP contribution in [0.2, 0.25) is 0 Å². The molecule has 0 aromatic carbocycles. The van der Waals surface area contributed by atoms with Crippen molar-refractivity contribution in [3.05, 3.63) is 32.4 Å². The molecule has 20 heavy (non-hydrogen) atoms. The Morgan fingerprint density at radius 2 is 2.15 bits per heavy atom. The minimum Gasteiger partial charge on any atom is -0.391 e. The first-order valence-corrected chi connectivity index (χ1v) is 9.08. The summed E-state index contributed by atoms with van der Waals surface area (Å²) in [6, 6.07) is 1.51. The lowest BCUT2D eigenvalue weighted by molar-refractivity contribution is 0.285. The Balaban J connectivity index is 2.34. The normalized spacial score (nSPS) is 12.8. The lowest BCUT2D eigenvalue weighted by Gasteiger charge is -2.23. The van der Waals surface area contributed by atoms with E-state index in [0.717, 1.165) is 0 Å². The highest BCUT2D eigenvalue weighted by Gasteiger charge is 2.31. The number of aryl methyl sites for hydroxylation is 1. The van der Waals surface area contributed by atoms with E-state index in [9.17, 15) is 8.42 Å². The van der Waals surface area contributed by atoms with E-state index in [0.29, 0.717) is 14.8 Å². The van der Waals surface area contributed by atoms with Crippen LogP contribution in [0.5, 0.6) is 0 Å². The molecule has 2 heterocycles. The van der Waals surface area contributed by atoms with Crippen LogP contribution < -0.4 is 4.72 Å². The molecule has 2 rings (SSSR count). The summed E-state index contributed by atoms with van der Waals surface area (Å²) in [4.78, 5) is 5.68. The summed E-state index contributed by atoms with van der Waals surface area (Å²) in [5, 5.41) is 11.6. The number of aromatic nitrogens is 1. The first-order valence-electron chi connectivity index (χ1n) is 5.90. The number of nitrogens with one attached hydrogen (secondary N) is 1. The van der Waals surface area contributed by atoms with Gasteiger partial charge >= 0.3 is 0 Å². The van der Waals surface area contributed by atoms with E-state index in [2.05, 4.69) is 9.71 Å². The van der Waals surface area contributed by atoms with Crippen molar-refractivity contribution in [2.45, 2.75) is 37.8 Å². The van der Waals surface area contributed by atoms with Crippen molar-refractivity contribution in [1.29, 1.82) is 0 Å². The van der Waals surface area contributed by atoms with E-state index in [1.54, 1.807) is 27.0 Å². The third-order valence-corrected chi connectivity index (χ3v) is 6.77. The quantitative estimate of drug-likeness (QED) is 0.880. The van der Waals surface area contributed by atoms with E-state index < -0.39 is 15.6 Å². The van der Waals surface area contributed by atoms with Gasteiger partial charge in [-0.2, -0.15) is 4.72 Å². The SMILES string of the molecule is Cc1sc(CO)cc1S(=O)(=O)NC(C)(C)c1nccs1. The Hall–Kier alpha value is -0.800. The number of hydrogen-bond acceptors (Lipinski definition) is 6. The second-order valence-electron chi connectivity index (χ2n) is 4.86. The summed E-state index contributed by atoms with van der Waals surface area (Å²) in [6.07, 6.45) is 1.65. The number of rotatable bonds is 5. The fourth-order valence-electron chi connectivity index (χ4n) is 1.84. The molecule has 0 aliphatic carbocycles. The molecule has 0 saturated carbocycles. The van der Waals surface area contributed by atoms with Gasteiger partial charge in [0.25, 0.3) is 0 Å². The molecule has 0 atom stereocenters. The second-order valence-corrected chi connectivity index (χ2v) is 8.75. The molecule has 0 fully saturated rings. The molecule has 8 heteroatoms. The van der Waals surface area contributed by atoms with Crippen LogP contribution in [0, 0.1) is 6.92 Å². The summed E-state index contributed by atoms with van der Waals surface area (Å²) < 4.78 is 27.6. The Bertz CT molecular complexity index is 688. The molecule has 0 saturated heterocycles. The minimum absolute atomic E-state index is 0.156. The average Bonchev–Trinajstić information content (AvgIpc) is 2.95. The van der Waals surface area contributed by atoms with Gasteiger partial charge in [0.1, 0.15) is 5.01 Å². The fraction of sp³-hybridized carbons (Fsp3) is 0.417. The van der Waals surface area contributed by atoms with Gasteiger partial charge < -0.3 is 5.11 Å². The zero-order valence-corrected chi connectivity index (χ0v) is 13.8. The van der Waals surface area contributed by atoms with Crippen LogP contribution in [0.25, 0.3) is 0 Å². The molecule has 0 unspecified atom stereocenters. The molecule has 2 aromatic rings. The van der Waals surface area contributed by atoms with E-state index >= 15 is 0 Å². The van der Waals surface area contributed by atoms with Crippen LogP contribution in [-0.2, 0) is 22.2 Å². The highest BCUT2D eigenvalue weighted by atomic mass is 32.2. The molecular weight excluding hydrogens is 316 g/mol. The molecule has 110 valence electrons. The topological polar surface area (TPSA) is 79.3 Å². The van der Waals surface area contributed by atoms with Gasteiger partial charge in [-0.3, -0.25) is 0 Å². The smallest absolute Gasteiger partial charge is 0.242 e. The Labute approximate surface area is 126 Å². The van der Waals surface area contributed by atoms with Crippen LogP contribution in [0.15, 0.2) is 22.5 Å². The van der Waals surface area contributed by atoms with Crippen molar-refractivity contribution in [1.82, 2.24) is 9.71 Å². The second kappa shape index (κ2) is 5.53. The van der Waals surface area contributed by atoms with Gasteiger partial charge in [0.2, 0.25) is 10.0 Å². The van der Waals surface area contributed by atoms with Gasteiger partial charge in [-0.1, -0.05) is 0 Å². The summed E-state index contributed by atoms with van der Waals surface area (Å²) in [5.74, 6) is 0. The number of aliphatic hydroxyl groups is 1. The van der Waals surface area contributed by atoms with E-state index in [1.165, 1.54) is 28.7 Å². The molecule has 0 amide bonds. The lowest BCUT2D eigenvalue weighted by atomic mass is 10.1. The van der Waals surface area contributed by atoms with Crippen LogP contribution in [0.1, 0.15) is 28.6 Å². The van der Waals surface area contributed by atoms with Gasteiger partial charge in [-0.15, -0.1) is 22.7 Å². The van der Waals surface area contributed by atoms with Gasteiger partial charge in [0, 0.05) is 21.3 Å². The molecule has 0 bridgehead atoms. The molecule has 5 nitrogen and oxygen atoms in total. The van der Waals surface area contributed by atoms with Gasteiger partial charge in [-0.25, -0.2) is 13.4 Å². The summed E-state index contributed by atoms with van der Waals surface area (Å²) in [6.45, 7) is 5.13. The summed E-state index contributed by atoms with van der Waals surface area (Å²) >= 11 is 2.69. The Morgan fingerprint density at radius 3 is 2.65 bits per heavy atom. The maximum atomic E-state index is 12.5. The number of thiazole rings is 1. The van der Waals surface area contributed by atoms with Crippen molar-refractivity contribution in [2.24, 2.45) is 0 Å². The van der Waals surface area contributed by atoms with Crippen molar-refractivity contribution in [2.75, 3.05) is 0 Å². The molecule has 0 spiro atoms. The molecule has 2 N–H and O–H groups in total. The monoisotopic (exact) mass is 332 g/mol. The standard InChI is InChI=1S/C12H16N2O3S3/c1-8-10(6-9(7-15)19-8)20(16,17)14-12(2,3)11-13-4-5-18-11/h4-6,14-15H,7H2,1-3H3. The van der Waals surface area contributed by atoms with Crippen LogP contribution >= 0.6 is 22.7 Å². The van der Waals surface area contributed by atoms with E-state index in [-0.39, 0.29) is 11.5 Å². The first kappa shape index (κ1) is 15.6. The zero-order chi connectivity index (χ0) is 15.0. The Morgan fingerprint density at radius 1 is 1.45 bits per heavy atom. The summed E-state index contributed by atoms with van der Waals surface area (Å²) in [7, 11) is -3.65. The predicted molar refractivity (Wildman–Crippen MR) is 80.4 cm³/mol. The number of hydrogen-bond donors (Lipinski definition) is 2. The maximum Gasteiger partial charge on any atom is 0.242 e. The average molecular weight is 332 g/mol. The first-order chi connectivity index (χ1) is 9.26. The number of thiophene rings is 1. The van der Waals surface area contributed by atoms with Crippen molar-refractivity contribution < 1.29 is 13.5 Å². The van der Waals surface area contributed by atoms with E-state index in [1.807, 2.05) is 5.38 Å². The van der Waals surface area contributed by atoms with Gasteiger partial charge in [0.15, 0.2) is 0 Å². The number of sulfonamides is 1. The van der Waals surface area contributed by atoms with Crippen molar-refractivity contribution in [3.8, 4) is 0 Å². The number of nitrogens with zero attached hydrogens (tertiary/aromatic N) is 1. The minimum atomic E-state index is -3.65. The predicted octanol–water partition coefficient (Wildman–Crippen LogP) is 2.22. The number of aliphatic hydroxyl groups excluding tert-OH is 1. The highest BCUT2D eigenvalue weighted by Crippen LogP contribution is 2.29. The third-order valence-electron chi connectivity index (χ3n) is 2.73. The zero-order valence-electron chi connectivity index (χ0n) is 11.4. The van der Waals surface area contributed by atoms with Crippen molar-refractivity contribution in [3.63, 3.8) is 0 Å². The fourth-order valence-corrected chi connectivity index (χ4v) is 5.50. The Kier molecular flexibility index (Phi) is 4.31. The molecule has 0 radical (unpaired) electrons. The van der Waals surface area contributed by atoms with Crippen LogP contribution in [-0.4, -0.2) is 18.5 Å². The molecule has 0 aliphatic heterocycles. The van der Waals surface area contributed by atoms with E-state index in [4.69, 9.17) is 5.11 Å². The van der Waals surface area contributed by atoms with Crippen molar-refractivity contribution >= 4 is 32.7 Å². The largest absolute Gasteiger partial charge is 0.391 e. The third kappa shape index (κ3) is 3.09. The lowest BCUT2D eigenvalue weighted by Crippen LogP contribution is -2.40.